The van der Waals surface area contributed by atoms with Gasteiger partial charge in [0.1, 0.15) is 5.92 Å². The van der Waals surface area contributed by atoms with Crippen LogP contribution < -0.4 is 5.32 Å². The number of rotatable bonds is 2. The number of carbonyl (C=O) groups is 1. The van der Waals surface area contributed by atoms with Crippen LogP contribution in [-0.4, -0.2) is 11.7 Å². The lowest BCUT2D eigenvalue weighted by atomic mass is 9.86. The minimum atomic E-state index is -0.749. The fraction of sp³-hybridized carbons (Fsp3) is 0.500. The molecule has 1 rings (SSSR count). The number of hydrogen-bond acceptors (Lipinski definition) is 4. The first-order chi connectivity index (χ1) is 7.15. The van der Waals surface area contributed by atoms with Crippen molar-refractivity contribution in [3.8, 4) is 12.1 Å². The Kier molecular flexibility index (Phi) is 3.76. The molecule has 4 nitrogen and oxygen atoms in total. The molecular weight excluding hydrogens is 210 g/mol. The first kappa shape index (κ1) is 11.6. The van der Waals surface area contributed by atoms with E-state index in [0.29, 0.717) is 10.6 Å². The molecule has 0 saturated heterocycles. The van der Waals surface area contributed by atoms with Crippen molar-refractivity contribution in [2.75, 3.05) is 5.75 Å². The fourth-order valence-corrected chi connectivity index (χ4v) is 2.29. The van der Waals surface area contributed by atoms with E-state index in [2.05, 4.69) is 11.4 Å². The third-order valence-electron chi connectivity index (χ3n) is 2.27. The van der Waals surface area contributed by atoms with E-state index >= 15 is 0 Å². The zero-order valence-electron chi connectivity index (χ0n) is 8.57. The predicted octanol–water partition coefficient (Wildman–Crippen LogP) is 1.38. The summed E-state index contributed by atoms with van der Waals surface area (Å²) in [4.78, 5) is 11.5. The first-order valence-corrected chi connectivity index (χ1v) is 5.61. The van der Waals surface area contributed by atoms with E-state index in [9.17, 15) is 4.79 Å². The quantitative estimate of drug-likeness (QED) is 0.764. The Morgan fingerprint density at radius 2 is 2.20 bits per heavy atom. The third kappa shape index (κ3) is 2.14. The van der Waals surface area contributed by atoms with Gasteiger partial charge in [0.05, 0.1) is 22.7 Å². The van der Waals surface area contributed by atoms with Gasteiger partial charge in [0, 0.05) is 5.92 Å². The highest BCUT2D eigenvalue weighted by atomic mass is 32.2. The smallest absolute Gasteiger partial charge is 0.242 e. The number of allylic oxidation sites excluding steroid dienone is 1. The van der Waals surface area contributed by atoms with Gasteiger partial charge in [-0.15, -0.1) is 11.8 Å². The Bertz CT molecular complexity index is 388. The van der Waals surface area contributed by atoms with E-state index in [-0.39, 0.29) is 11.8 Å². The van der Waals surface area contributed by atoms with Gasteiger partial charge in [0.25, 0.3) is 0 Å². The van der Waals surface area contributed by atoms with Gasteiger partial charge in [-0.05, 0) is 5.75 Å². The van der Waals surface area contributed by atoms with Crippen LogP contribution in [0, 0.1) is 34.5 Å². The second kappa shape index (κ2) is 4.86. The molecule has 1 heterocycles. The van der Waals surface area contributed by atoms with E-state index in [1.165, 1.54) is 11.8 Å². The lowest BCUT2D eigenvalue weighted by Crippen LogP contribution is -2.38. The molecule has 0 bridgehead atoms. The van der Waals surface area contributed by atoms with Gasteiger partial charge in [0.15, 0.2) is 0 Å². The molecule has 0 fully saturated rings. The van der Waals surface area contributed by atoms with Crippen molar-refractivity contribution in [1.82, 2.24) is 5.32 Å². The monoisotopic (exact) mass is 221 g/mol. The van der Waals surface area contributed by atoms with E-state index < -0.39 is 5.92 Å². The summed E-state index contributed by atoms with van der Waals surface area (Å²) in [5.74, 6) is -0.589. The Hall–Kier alpha value is -1.46. The molecular formula is C10H11N3OS. The molecule has 0 aliphatic carbocycles. The number of nitrogens with zero attached hydrogens (tertiary/aromatic N) is 2. The molecule has 1 N–H and O–H groups in total. The van der Waals surface area contributed by atoms with Crippen LogP contribution in [0.2, 0.25) is 0 Å². The highest BCUT2D eigenvalue weighted by Crippen LogP contribution is 2.31. The number of hydrogen-bond donors (Lipinski definition) is 1. The van der Waals surface area contributed by atoms with Gasteiger partial charge in [-0.25, -0.2) is 0 Å². The number of nitrogens with one attached hydrogen (secondary N) is 1. The zero-order valence-corrected chi connectivity index (χ0v) is 9.39. The summed E-state index contributed by atoms with van der Waals surface area (Å²) in [6, 6.07) is 3.99. The molecule has 78 valence electrons. The second-order valence-corrected chi connectivity index (χ2v) is 4.45. The van der Waals surface area contributed by atoms with Crippen molar-refractivity contribution in [2.45, 2.75) is 13.8 Å². The molecule has 2 atom stereocenters. The molecule has 0 aromatic rings. The van der Waals surface area contributed by atoms with Crippen molar-refractivity contribution in [2.24, 2.45) is 11.8 Å². The maximum atomic E-state index is 11.5. The van der Waals surface area contributed by atoms with Crippen molar-refractivity contribution < 1.29 is 4.79 Å². The third-order valence-corrected chi connectivity index (χ3v) is 3.17. The summed E-state index contributed by atoms with van der Waals surface area (Å²) in [6.07, 6.45) is 0. The average molecular weight is 221 g/mol. The van der Waals surface area contributed by atoms with Gasteiger partial charge in [-0.1, -0.05) is 13.8 Å². The van der Waals surface area contributed by atoms with Gasteiger partial charge in [0.2, 0.25) is 5.91 Å². The summed E-state index contributed by atoms with van der Waals surface area (Å²) < 4.78 is 0. The van der Waals surface area contributed by atoms with Crippen molar-refractivity contribution in [3.05, 3.63) is 10.6 Å². The lowest BCUT2D eigenvalue weighted by Gasteiger charge is -2.25. The van der Waals surface area contributed by atoms with Gasteiger partial charge in [-0.2, -0.15) is 10.5 Å². The van der Waals surface area contributed by atoms with Gasteiger partial charge >= 0.3 is 0 Å². The molecule has 0 aromatic heterocycles. The van der Waals surface area contributed by atoms with Crippen LogP contribution in [0.4, 0.5) is 0 Å². The molecule has 0 saturated carbocycles. The molecule has 5 heteroatoms. The number of nitriles is 2. The SMILES string of the molecule is CCSC1=C(C#N)C(C)C(C#N)C(=O)N1. The summed E-state index contributed by atoms with van der Waals surface area (Å²) in [5, 5.41) is 21.0. The molecule has 1 amide bonds. The van der Waals surface area contributed by atoms with Crippen LogP contribution in [0.5, 0.6) is 0 Å². The first-order valence-electron chi connectivity index (χ1n) is 4.63. The number of thioether (sulfide) groups is 1. The minimum absolute atomic E-state index is 0.306. The highest BCUT2D eigenvalue weighted by Gasteiger charge is 2.34. The van der Waals surface area contributed by atoms with Crippen LogP contribution >= 0.6 is 11.8 Å². The van der Waals surface area contributed by atoms with Gasteiger partial charge in [-0.3, -0.25) is 4.79 Å². The van der Waals surface area contributed by atoms with Crippen LogP contribution in [0.1, 0.15) is 13.8 Å². The standard InChI is InChI=1S/C10H11N3OS/c1-3-15-10-8(5-12)6(2)7(4-11)9(14)13-10/h6-7H,3H2,1-2H3,(H,13,14). The Balaban J connectivity index is 3.10. The van der Waals surface area contributed by atoms with Gasteiger partial charge < -0.3 is 5.32 Å². The Morgan fingerprint density at radius 3 is 2.67 bits per heavy atom. The van der Waals surface area contributed by atoms with Crippen LogP contribution in [-0.2, 0) is 4.79 Å². The molecule has 2 unspecified atom stereocenters. The van der Waals surface area contributed by atoms with E-state index in [1.54, 1.807) is 6.92 Å². The molecule has 1 aliphatic rings. The maximum Gasteiger partial charge on any atom is 0.242 e. The second-order valence-electron chi connectivity index (χ2n) is 3.17. The summed E-state index contributed by atoms with van der Waals surface area (Å²) >= 11 is 1.42. The topological polar surface area (TPSA) is 76.7 Å². The summed E-state index contributed by atoms with van der Waals surface area (Å²) in [5.41, 5.74) is 0.507. The maximum absolute atomic E-state index is 11.5. The van der Waals surface area contributed by atoms with Crippen molar-refractivity contribution in [1.29, 1.82) is 10.5 Å². The summed E-state index contributed by atoms with van der Waals surface area (Å²) in [7, 11) is 0. The molecule has 0 spiro atoms. The average Bonchev–Trinajstić information content (AvgIpc) is 2.19. The normalized spacial score (nSPS) is 25.5. The van der Waals surface area contributed by atoms with Crippen LogP contribution in [0.3, 0.4) is 0 Å². The lowest BCUT2D eigenvalue weighted by molar-refractivity contribution is -0.123. The van der Waals surface area contributed by atoms with E-state index in [1.807, 2.05) is 13.0 Å². The number of amides is 1. The molecule has 1 aliphatic heterocycles. The zero-order chi connectivity index (χ0) is 11.4. The van der Waals surface area contributed by atoms with Crippen LogP contribution in [0.15, 0.2) is 10.6 Å². The van der Waals surface area contributed by atoms with Crippen LogP contribution in [0.25, 0.3) is 0 Å². The molecule has 0 radical (unpaired) electrons. The van der Waals surface area contributed by atoms with Crippen molar-refractivity contribution in [3.63, 3.8) is 0 Å². The van der Waals surface area contributed by atoms with Crippen molar-refractivity contribution >= 4 is 17.7 Å². The highest BCUT2D eigenvalue weighted by molar-refractivity contribution is 8.03. The van der Waals surface area contributed by atoms with E-state index in [4.69, 9.17) is 10.5 Å². The minimum Gasteiger partial charge on any atom is -0.319 e. The van der Waals surface area contributed by atoms with E-state index in [0.717, 1.165) is 5.75 Å². The molecule has 0 aromatic carbocycles. The number of carbonyl (C=O) groups excluding carboxylic acids is 1. The fourth-order valence-electron chi connectivity index (χ4n) is 1.44. The Labute approximate surface area is 92.9 Å². The predicted molar refractivity (Wildman–Crippen MR) is 57.2 cm³/mol. The Morgan fingerprint density at radius 1 is 1.53 bits per heavy atom. The largest absolute Gasteiger partial charge is 0.319 e. The molecule has 15 heavy (non-hydrogen) atoms. The summed E-state index contributed by atoms with van der Waals surface area (Å²) in [6.45, 7) is 3.68.